The van der Waals surface area contributed by atoms with Gasteiger partial charge in [0.15, 0.2) is 0 Å². The molecule has 1 saturated heterocycles. The lowest BCUT2D eigenvalue weighted by atomic mass is 9.72. The van der Waals surface area contributed by atoms with E-state index in [1.807, 2.05) is 22.6 Å². The van der Waals surface area contributed by atoms with Crippen molar-refractivity contribution in [2.75, 3.05) is 6.61 Å². The first-order valence-electron chi connectivity index (χ1n) is 6.21. The molecule has 1 heterocycles. The van der Waals surface area contributed by atoms with Gasteiger partial charge in [0.25, 0.3) is 5.91 Å². The molecule has 3 N–H and O–H groups in total. The number of hydrogen-bond acceptors (Lipinski definition) is 3. The van der Waals surface area contributed by atoms with E-state index >= 15 is 0 Å². The molecule has 0 spiro atoms. The average Bonchev–Trinajstić information content (AvgIpc) is 2.80. The number of fused-ring (bicyclic) bond motifs is 1. The fraction of sp³-hybridized carbons (Fsp3) is 0.462. The molecule has 4 atom stereocenters. The van der Waals surface area contributed by atoms with Crippen LogP contribution >= 0.6 is 22.6 Å². The van der Waals surface area contributed by atoms with Gasteiger partial charge in [-0.3, -0.25) is 4.79 Å². The second-order valence-electron chi connectivity index (χ2n) is 4.99. The summed E-state index contributed by atoms with van der Waals surface area (Å²) in [4.78, 5) is 12.2. The van der Waals surface area contributed by atoms with E-state index in [0.717, 1.165) is 6.42 Å². The SMILES string of the molecule is NC1C2CCOC2C1NC(=O)c1ccc(F)cc1I. The Morgan fingerprint density at radius 2 is 2.32 bits per heavy atom. The van der Waals surface area contributed by atoms with Gasteiger partial charge >= 0.3 is 0 Å². The van der Waals surface area contributed by atoms with Gasteiger partial charge in [0, 0.05) is 22.1 Å². The standard InChI is InChI=1S/C13H14FIN2O2/c14-6-1-2-7(9(15)5-6)13(18)17-11-10(16)8-3-4-19-12(8)11/h1-2,5,8,10-12H,3-4,16H2,(H,17,18). The van der Waals surface area contributed by atoms with Crippen LogP contribution in [-0.4, -0.2) is 30.7 Å². The first-order valence-corrected chi connectivity index (χ1v) is 7.29. The van der Waals surface area contributed by atoms with Crippen LogP contribution in [0.25, 0.3) is 0 Å². The third kappa shape index (κ3) is 2.25. The minimum Gasteiger partial charge on any atom is -0.376 e. The van der Waals surface area contributed by atoms with Gasteiger partial charge in [-0.1, -0.05) is 0 Å². The minimum absolute atomic E-state index is 0.0389. The molecular formula is C13H14FIN2O2. The van der Waals surface area contributed by atoms with Crippen LogP contribution in [0.5, 0.6) is 0 Å². The molecule has 4 unspecified atom stereocenters. The Hall–Kier alpha value is -0.730. The molecule has 0 bridgehead atoms. The zero-order valence-electron chi connectivity index (χ0n) is 10.1. The van der Waals surface area contributed by atoms with Crippen molar-refractivity contribution < 1.29 is 13.9 Å². The molecule has 1 saturated carbocycles. The minimum atomic E-state index is -0.347. The highest BCUT2D eigenvalue weighted by Crippen LogP contribution is 2.37. The lowest BCUT2D eigenvalue weighted by Crippen LogP contribution is -2.69. The Labute approximate surface area is 124 Å². The molecule has 1 aliphatic carbocycles. The number of nitrogens with two attached hydrogens (primary N) is 1. The summed E-state index contributed by atoms with van der Waals surface area (Å²) in [5, 5.41) is 2.90. The molecule has 6 heteroatoms. The quantitative estimate of drug-likeness (QED) is 0.765. The summed E-state index contributed by atoms with van der Waals surface area (Å²) >= 11 is 1.95. The van der Waals surface area contributed by atoms with E-state index < -0.39 is 0 Å². The van der Waals surface area contributed by atoms with Crippen molar-refractivity contribution in [2.24, 2.45) is 11.7 Å². The molecule has 2 aliphatic rings. The number of amides is 1. The molecular weight excluding hydrogens is 362 g/mol. The highest BCUT2D eigenvalue weighted by atomic mass is 127. The van der Waals surface area contributed by atoms with Crippen molar-refractivity contribution in [1.82, 2.24) is 5.32 Å². The van der Waals surface area contributed by atoms with Gasteiger partial charge in [-0.05, 0) is 47.2 Å². The van der Waals surface area contributed by atoms with Gasteiger partial charge in [0.2, 0.25) is 0 Å². The average molecular weight is 376 g/mol. The Morgan fingerprint density at radius 3 is 3.05 bits per heavy atom. The van der Waals surface area contributed by atoms with Crippen LogP contribution in [-0.2, 0) is 4.74 Å². The molecule has 2 fully saturated rings. The van der Waals surface area contributed by atoms with Crippen molar-refractivity contribution in [3.63, 3.8) is 0 Å². The second-order valence-corrected chi connectivity index (χ2v) is 6.15. The summed E-state index contributed by atoms with van der Waals surface area (Å²) in [5.41, 5.74) is 6.51. The molecule has 102 valence electrons. The third-order valence-corrected chi connectivity index (χ3v) is 4.81. The van der Waals surface area contributed by atoms with Gasteiger partial charge in [-0.15, -0.1) is 0 Å². The van der Waals surface area contributed by atoms with Crippen molar-refractivity contribution in [2.45, 2.75) is 24.6 Å². The number of benzene rings is 1. The fourth-order valence-corrected chi connectivity index (χ4v) is 3.55. The molecule has 4 nitrogen and oxygen atoms in total. The number of carbonyl (C=O) groups excluding carboxylic acids is 1. The van der Waals surface area contributed by atoms with E-state index in [-0.39, 0.29) is 29.9 Å². The summed E-state index contributed by atoms with van der Waals surface area (Å²) in [6, 6.07) is 3.93. The molecule has 1 aliphatic heterocycles. The van der Waals surface area contributed by atoms with Crippen LogP contribution in [0.3, 0.4) is 0 Å². The summed E-state index contributed by atoms with van der Waals surface area (Å²) in [7, 11) is 0. The molecule has 0 aromatic heterocycles. The second kappa shape index (κ2) is 4.99. The predicted molar refractivity (Wildman–Crippen MR) is 76.2 cm³/mol. The summed E-state index contributed by atoms with van der Waals surface area (Å²) in [5.74, 6) is -0.211. The highest BCUT2D eigenvalue weighted by Gasteiger charge is 2.52. The van der Waals surface area contributed by atoms with Gasteiger partial charge < -0.3 is 15.8 Å². The number of ether oxygens (including phenoxy) is 1. The highest BCUT2D eigenvalue weighted by molar-refractivity contribution is 14.1. The molecule has 19 heavy (non-hydrogen) atoms. The van der Waals surface area contributed by atoms with Crippen LogP contribution in [0.1, 0.15) is 16.8 Å². The normalized spacial score (nSPS) is 32.6. The Bertz CT molecular complexity index is 525. The Balaban J connectivity index is 1.71. The Morgan fingerprint density at radius 1 is 1.53 bits per heavy atom. The molecule has 1 aromatic rings. The molecule has 3 rings (SSSR count). The van der Waals surface area contributed by atoms with E-state index in [1.54, 1.807) is 0 Å². The molecule has 1 amide bonds. The van der Waals surface area contributed by atoms with E-state index in [4.69, 9.17) is 10.5 Å². The van der Waals surface area contributed by atoms with Gasteiger partial charge in [-0.25, -0.2) is 4.39 Å². The zero-order valence-corrected chi connectivity index (χ0v) is 12.3. The Kier molecular flexibility index (Phi) is 3.48. The number of nitrogens with one attached hydrogen (secondary N) is 1. The fourth-order valence-electron chi connectivity index (χ4n) is 2.83. The predicted octanol–water partition coefficient (Wildman–Crippen LogP) is 1.27. The van der Waals surface area contributed by atoms with E-state index in [0.29, 0.717) is 21.7 Å². The van der Waals surface area contributed by atoms with E-state index in [1.165, 1.54) is 18.2 Å². The zero-order chi connectivity index (χ0) is 13.6. The number of halogens is 2. The summed E-state index contributed by atoms with van der Waals surface area (Å²) < 4.78 is 19.2. The van der Waals surface area contributed by atoms with Crippen molar-refractivity contribution in [3.05, 3.63) is 33.1 Å². The lowest BCUT2D eigenvalue weighted by molar-refractivity contribution is -0.0161. The number of rotatable bonds is 2. The van der Waals surface area contributed by atoms with Crippen molar-refractivity contribution in [1.29, 1.82) is 0 Å². The number of carbonyl (C=O) groups is 1. The topological polar surface area (TPSA) is 64.3 Å². The monoisotopic (exact) mass is 376 g/mol. The van der Waals surface area contributed by atoms with Crippen LogP contribution in [0.15, 0.2) is 18.2 Å². The molecule has 1 aromatic carbocycles. The maximum atomic E-state index is 13.0. The van der Waals surface area contributed by atoms with Gasteiger partial charge in [0.05, 0.1) is 17.7 Å². The number of hydrogen-bond donors (Lipinski definition) is 2. The molecule has 0 radical (unpaired) electrons. The maximum absolute atomic E-state index is 13.0. The van der Waals surface area contributed by atoms with E-state index in [2.05, 4.69) is 5.32 Å². The summed E-state index contributed by atoms with van der Waals surface area (Å²) in [6.07, 6.45) is 1.00. The first-order chi connectivity index (χ1) is 9.08. The third-order valence-electron chi connectivity index (χ3n) is 3.92. The van der Waals surface area contributed by atoms with Gasteiger partial charge in [0.1, 0.15) is 5.82 Å². The lowest BCUT2D eigenvalue weighted by Gasteiger charge is -2.45. The van der Waals surface area contributed by atoms with E-state index in [9.17, 15) is 9.18 Å². The largest absolute Gasteiger partial charge is 0.376 e. The van der Waals surface area contributed by atoms with Crippen LogP contribution < -0.4 is 11.1 Å². The van der Waals surface area contributed by atoms with Crippen LogP contribution in [0.4, 0.5) is 4.39 Å². The van der Waals surface area contributed by atoms with Crippen molar-refractivity contribution >= 4 is 28.5 Å². The first kappa shape index (κ1) is 13.3. The van der Waals surface area contributed by atoms with Crippen molar-refractivity contribution in [3.8, 4) is 0 Å². The van der Waals surface area contributed by atoms with Crippen LogP contribution in [0.2, 0.25) is 0 Å². The maximum Gasteiger partial charge on any atom is 0.252 e. The van der Waals surface area contributed by atoms with Gasteiger partial charge in [-0.2, -0.15) is 0 Å². The van der Waals surface area contributed by atoms with Crippen LogP contribution in [0, 0.1) is 15.3 Å². The smallest absolute Gasteiger partial charge is 0.252 e. The summed E-state index contributed by atoms with van der Waals surface area (Å²) in [6.45, 7) is 0.712.